The van der Waals surface area contributed by atoms with Gasteiger partial charge < -0.3 is 10.6 Å². The van der Waals surface area contributed by atoms with Crippen LogP contribution in [0.5, 0.6) is 0 Å². The summed E-state index contributed by atoms with van der Waals surface area (Å²) in [6.07, 6.45) is 4.36. The van der Waals surface area contributed by atoms with E-state index < -0.39 is 0 Å². The summed E-state index contributed by atoms with van der Waals surface area (Å²) in [5.41, 5.74) is 5.96. The minimum Gasteiger partial charge on any atom is -0.341 e. The van der Waals surface area contributed by atoms with E-state index in [9.17, 15) is 4.79 Å². The van der Waals surface area contributed by atoms with Gasteiger partial charge in [-0.2, -0.15) is 0 Å². The number of nitrogens with two attached hydrogens (primary N) is 1. The molecule has 4 heteroatoms. The van der Waals surface area contributed by atoms with Crippen LogP contribution in [0.1, 0.15) is 39.5 Å². The van der Waals surface area contributed by atoms with Gasteiger partial charge in [0.15, 0.2) is 0 Å². The number of likely N-dealkylation sites (tertiary alicyclic amines) is 2. The molecule has 0 saturated carbocycles. The molecule has 0 spiro atoms. The quantitative estimate of drug-likeness (QED) is 0.776. The van der Waals surface area contributed by atoms with Crippen molar-refractivity contribution in [3.63, 3.8) is 0 Å². The smallest absolute Gasteiger partial charge is 0.239 e. The first-order chi connectivity index (χ1) is 8.09. The summed E-state index contributed by atoms with van der Waals surface area (Å²) < 4.78 is 0. The first kappa shape index (κ1) is 12.8. The van der Waals surface area contributed by atoms with Crippen molar-refractivity contribution in [1.82, 2.24) is 9.80 Å². The molecule has 3 atom stereocenters. The van der Waals surface area contributed by atoms with E-state index in [1.807, 2.05) is 11.8 Å². The van der Waals surface area contributed by atoms with Crippen LogP contribution in [0.4, 0.5) is 0 Å². The van der Waals surface area contributed by atoms with Gasteiger partial charge in [0.2, 0.25) is 5.91 Å². The highest BCUT2D eigenvalue weighted by Crippen LogP contribution is 2.20. The number of nitrogens with zero attached hydrogens (tertiary/aromatic N) is 2. The monoisotopic (exact) mass is 239 g/mol. The Morgan fingerprint density at radius 1 is 1.29 bits per heavy atom. The van der Waals surface area contributed by atoms with Crippen molar-refractivity contribution in [3.8, 4) is 0 Å². The van der Waals surface area contributed by atoms with Crippen LogP contribution >= 0.6 is 0 Å². The van der Waals surface area contributed by atoms with Crippen molar-refractivity contribution >= 4 is 5.91 Å². The van der Waals surface area contributed by atoms with E-state index in [0.29, 0.717) is 18.0 Å². The first-order valence-corrected chi connectivity index (χ1v) is 6.89. The van der Waals surface area contributed by atoms with E-state index in [1.54, 1.807) is 0 Å². The summed E-state index contributed by atoms with van der Waals surface area (Å²) >= 11 is 0. The second-order valence-corrected chi connectivity index (χ2v) is 5.58. The van der Waals surface area contributed by atoms with Crippen LogP contribution in [0, 0.1) is 0 Å². The maximum Gasteiger partial charge on any atom is 0.239 e. The number of carbonyl (C=O) groups is 1. The van der Waals surface area contributed by atoms with Gasteiger partial charge in [-0.15, -0.1) is 0 Å². The molecule has 2 aliphatic heterocycles. The van der Waals surface area contributed by atoms with Crippen LogP contribution in [0.3, 0.4) is 0 Å². The van der Waals surface area contributed by atoms with Crippen LogP contribution in [0.2, 0.25) is 0 Å². The molecule has 0 bridgehead atoms. The third kappa shape index (κ3) is 2.80. The summed E-state index contributed by atoms with van der Waals surface area (Å²) in [6.45, 7) is 7.10. The number of hydrogen-bond acceptors (Lipinski definition) is 3. The van der Waals surface area contributed by atoms with Crippen molar-refractivity contribution in [2.24, 2.45) is 5.73 Å². The minimum absolute atomic E-state index is 0.0237. The Balaban J connectivity index is 1.94. The number of rotatable bonds is 2. The maximum absolute atomic E-state index is 12.3. The largest absolute Gasteiger partial charge is 0.341 e. The second-order valence-electron chi connectivity index (χ2n) is 5.58. The SMILES string of the molecule is CC1CC(N)CCN1C(C)C(=O)N1CCCC1. The zero-order chi connectivity index (χ0) is 12.4. The van der Waals surface area contributed by atoms with Crippen molar-refractivity contribution in [2.75, 3.05) is 19.6 Å². The molecule has 4 nitrogen and oxygen atoms in total. The van der Waals surface area contributed by atoms with Crippen molar-refractivity contribution < 1.29 is 4.79 Å². The van der Waals surface area contributed by atoms with E-state index in [4.69, 9.17) is 5.73 Å². The summed E-state index contributed by atoms with van der Waals surface area (Å²) in [6, 6.07) is 0.770. The first-order valence-electron chi connectivity index (χ1n) is 6.89. The molecular formula is C13H25N3O. The molecule has 2 heterocycles. The Kier molecular flexibility index (Phi) is 4.05. The van der Waals surface area contributed by atoms with Gasteiger partial charge in [-0.1, -0.05) is 0 Å². The summed E-state index contributed by atoms with van der Waals surface area (Å²) in [7, 11) is 0. The molecule has 0 aromatic heterocycles. The molecule has 2 fully saturated rings. The second kappa shape index (κ2) is 5.36. The molecule has 0 aromatic rings. The average Bonchev–Trinajstić information content (AvgIpc) is 2.80. The van der Waals surface area contributed by atoms with Gasteiger partial charge in [0.1, 0.15) is 0 Å². The Labute approximate surface area is 104 Å². The standard InChI is InChI=1S/C13H25N3O/c1-10-9-12(14)5-8-16(10)11(2)13(17)15-6-3-4-7-15/h10-12H,3-9,14H2,1-2H3. The van der Waals surface area contributed by atoms with Crippen LogP contribution < -0.4 is 5.73 Å². The van der Waals surface area contributed by atoms with Crippen molar-refractivity contribution in [2.45, 2.75) is 57.7 Å². The zero-order valence-corrected chi connectivity index (χ0v) is 11.1. The Bertz CT molecular complexity index is 276. The molecule has 3 unspecified atom stereocenters. The van der Waals surface area contributed by atoms with Gasteiger partial charge in [-0.05, 0) is 39.5 Å². The van der Waals surface area contributed by atoms with E-state index in [1.165, 1.54) is 12.8 Å². The Morgan fingerprint density at radius 2 is 1.94 bits per heavy atom. The van der Waals surface area contributed by atoms with Gasteiger partial charge in [0.25, 0.3) is 0 Å². The number of carbonyl (C=O) groups excluding carboxylic acids is 1. The van der Waals surface area contributed by atoms with Crippen LogP contribution in [-0.2, 0) is 4.79 Å². The molecule has 1 amide bonds. The molecule has 17 heavy (non-hydrogen) atoms. The molecule has 2 N–H and O–H groups in total. The van der Waals surface area contributed by atoms with Gasteiger partial charge in [-0.3, -0.25) is 9.69 Å². The topological polar surface area (TPSA) is 49.6 Å². The lowest BCUT2D eigenvalue weighted by molar-refractivity contribution is -0.136. The van der Waals surface area contributed by atoms with E-state index in [-0.39, 0.29) is 6.04 Å². The molecule has 2 aliphatic rings. The van der Waals surface area contributed by atoms with E-state index >= 15 is 0 Å². The molecule has 0 radical (unpaired) electrons. The lowest BCUT2D eigenvalue weighted by atomic mass is 9.97. The molecule has 0 aromatic carbocycles. The predicted octanol–water partition coefficient (Wildman–Crippen LogP) is 0.809. The molecular weight excluding hydrogens is 214 g/mol. The highest BCUT2D eigenvalue weighted by Gasteiger charge is 2.33. The highest BCUT2D eigenvalue weighted by atomic mass is 16.2. The summed E-state index contributed by atoms with van der Waals surface area (Å²) in [5, 5.41) is 0. The molecule has 2 rings (SSSR count). The van der Waals surface area contributed by atoms with Crippen LogP contribution in [0.15, 0.2) is 0 Å². The lowest BCUT2D eigenvalue weighted by Crippen LogP contribution is -2.54. The lowest BCUT2D eigenvalue weighted by Gasteiger charge is -2.40. The van der Waals surface area contributed by atoms with Gasteiger partial charge in [0.05, 0.1) is 6.04 Å². The van der Waals surface area contributed by atoms with E-state index in [2.05, 4.69) is 11.8 Å². The third-order valence-corrected chi connectivity index (χ3v) is 4.24. The van der Waals surface area contributed by atoms with Crippen LogP contribution in [-0.4, -0.2) is 53.5 Å². The highest BCUT2D eigenvalue weighted by molar-refractivity contribution is 5.81. The summed E-state index contributed by atoms with van der Waals surface area (Å²) in [4.78, 5) is 16.7. The van der Waals surface area contributed by atoms with Crippen molar-refractivity contribution in [1.29, 1.82) is 0 Å². The van der Waals surface area contributed by atoms with E-state index in [0.717, 1.165) is 32.5 Å². The fourth-order valence-electron chi connectivity index (χ4n) is 3.15. The Hall–Kier alpha value is -0.610. The number of hydrogen-bond donors (Lipinski definition) is 1. The molecule has 0 aliphatic carbocycles. The minimum atomic E-state index is 0.0237. The van der Waals surface area contributed by atoms with Gasteiger partial charge in [0, 0.05) is 31.7 Å². The van der Waals surface area contributed by atoms with Crippen LogP contribution in [0.25, 0.3) is 0 Å². The number of piperidine rings is 1. The summed E-state index contributed by atoms with van der Waals surface area (Å²) in [5.74, 6) is 0.310. The molecule has 98 valence electrons. The fourth-order valence-corrected chi connectivity index (χ4v) is 3.15. The zero-order valence-electron chi connectivity index (χ0n) is 11.1. The molecule has 2 saturated heterocycles. The van der Waals surface area contributed by atoms with Gasteiger partial charge in [-0.25, -0.2) is 0 Å². The maximum atomic E-state index is 12.3. The number of amides is 1. The predicted molar refractivity (Wildman–Crippen MR) is 68.7 cm³/mol. The van der Waals surface area contributed by atoms with Crippen molar-refractivity contribution in [3.05, 3.63) is 0 Å². The van der Waals surface area contributed by atoms with Gasteiger partial charge >= 0.3 is 0 Å². The fraction of sp³-hybridized carbons (Fsp3) is 0.923. The normalized spacial score (nSPS) is 32.8. The average molecular weight is 239 g/mol. The Morgan fingerprint density at radius 3 is 2.53 bits per heavy atom. The third-order valence-electron chi connectivity index (χ3n) is 4.24.